The molecule has 0 aliphatic heterocycles. The van der Waals surface area contributed by atoms with Gasteiger partial charge in [-0.3, -0.25) is 9.59 Å². The molecule has 3 rings (SSSR count). The van der Waals surface area contributed by atoms with E-state index in [4.69, 9.17) is 9.84 Å². The monoisotopic (exact) mass is 464 g/mol. The lowest BCUT2D eigenvalue weighted by molar-refractivity contribution is -0.181. The lowest BCUT2D eigenvalue weighted by Crippen LogP contribution is -2.48. The van der Waals surface area contributed by atoms with Gasteiger partial charge in [-0.15, -0.1) is 0 Å². The van der Waals surface area contributed by atoms with Crippen molar-refractivity contribution in [2.24, 2.45) is 5.92 Å². The highest BCUT2D eigenvalue weighted by Gasteiger charge is 2.45. The van der Waals surface area contributed by atoms with E-state index in [1.54, 1.807) is 0 Å². The molecule has 33 heavy (non-hydrogen) atoms. The van der Waals surface area contributed by atoms with Crippen LogP contribution in [-0.2, 0) is 14.3 Å². The molecule has 0 heterocycles. The maximum atomic E-state index is 13.3. The highest BCUT2D eigenvalue weighted by atomic mass is 19.4. The average molecular weight is 464 g/mol. The number of carboxylic acid groups (broad SMARTS) is 1. The molecule has 2 aromatic carbocycles. The molecular weight excluding hydrogens is 441 g/mol. The summed E-state index contributed by atoms with van der Waals surface area (Å²) in [5, 5.41) is 12.7. The van der Waals surface area contributed by atoms with Gasteiger partial charge in [-0.1, -0.05) is 48.5 Å². The van der Waals surface area contributed by atoms with Gasteiger partial charge < -0.3 is 20.5 Å². The number of halogens is 3. The van der Waals surface area contributed by atoms with Crippen LogP contribution in [0.4, 0.5) is 18.0 Å². The Labute approximate surface area is 187 Å². The second-order valence-corrected chi connectivity index (χ2v) is 7.81. The van der Waals surface area contributed by atoms with E-state index in [1.165, 1.54) is 6.92 Å². The van der Waals surface area contributed by atoms with E-state index in [0.717, 1.165) is 22.3 Å². The van der Waals surface area contributed by atoms with Crippen LogP contribution in [0.5, 0.6) is 0 Å². The fraction of sp³-hybridized carbons (Fsp3) is 0.348. The van der Waals surface area contributed by atoms with Gasteiger partial charge in [0.1, 0.15) is 6.61 Å². The molecule has 1 aliphatic rings. The van der Waals surface area contributed by atoms with Gasteiger partial charge in [-0.05, 0) is 29.2 Å². The van der Waals surface area contributed by atoms with E-state index < -0.39 is 49.1 Å². The minimum Gasteiger partial charge on any atom is -0.481 e. The Bertz CT molecular complexity index is 995. The summed E-state index contributed by atoms with van der Waals surface area (Å²) >= 11 is 0. The average Bonchev–Trinajstić information content (AvgIpc) is 3.04. The number of carbonyl (C=O) groups excluding carboxylic acids is 2. The molecule has 176 valence electrons. The second kappa shape index (κ2) is 9.93. The number of amides is 2. The summed E-state index contributed by atoms with van der Waals surface area (Å²) in [5.74, 6) is -5.49. The van der Waals surface area contributed by atoms with Gasteiger partial charge in [0.25, 0.3) is 0 Å². The van der Waals surface area contributed by atoms with Gasteiger partial charge in [0.05, 0.1) is 6.42 Å². The molecule has 3 N–H and O–H groups in total. The first-order chi connectivity index (χ1) is 15.6. The van der Waals surface area contributed by atoms with Crippen molar-refractivity contribution in [1.82, 2.24) is 10.6 Å². The molecule has 0 aromatic heterocycles. The van der Waals surface area contributed by atoms with Gasteiger partial charge in [0.15, 0.2) is 5.92 Å². The van der Waals surface area contributed by atoms with Crippen LogP contribution in [0.1, 0.15) is 30.4 Å². The number of hydrogen-bond acceptors (Lipinski definition) is 4. The Hall–Kier alpha value is -3.56. The SMILES string of the molecule is C[C@H](CC(=O)O)NC(=O)C(CNC(=O)OCC1c2ccccc2-c2ccccc21)C(F)(F)F. The van der Waals surface area contributed by atoms with Crippen molar-refractivity contribution in [2.75, 3.05) is 13.2 Å². The zero-order valence-electron chi connectivity index (χ0n) is 17.7. The molecule has 0 bridgehead atoms. The molecule has 2 amide bonds. The first-order valence-electron chi connectivity index (χ1n) is 10.3. The number of rotatable bonds is 8. The fourth-order valence-electron chi connectivity index (χ4n) is 3.85. The van der Waals surface area contributed by atoms with Crippen molar-refractivity contribution in [3.8, 4) is 11.1 Å². The van der Waals surface area contributed by atoms with E-state index in [-0.39, 0.29) is 12.5 Å². The van der Waals surface area contributed by atoms with Crippen LogP contribution in [0, 0.1) is 5.92 Å². The molecular formula is C23H23F3N2O5. The Balaban J connectivity index is 1.60. The number of hydrogen-bond donors (Lipinski definition) is 3. The van der Waals surface area contributed by atoms with Crippen molar-refractivity contribution in [3.63, 3.8) is 0 Å². The van der Waals surface area contributed by atoms with Crippen LogP contribution in [0.25, 0.3) is 11.1 Å². The van der Waals surface area contributed by atoms with E-state index in [1.807, 2.05) is 59.2 Å². The Morgan fingerprint density at radius 3 is 2.09 bits per heavy atom. The molecule has 1 aliphatic carbocycles. The van der Waals surface area contributed by atoms with Crippen LogP contribution in [0.15, 0.2) is 48.5 Å². The lowest BCUT2D eigenvalue weighted by atomic mass is 9.98. The predicted octanol–water partition coefficient (Wildman–Crippen LogP) is 3.68. The molecule has 0 saturated heterocycles. The van der Waals surface area contributed by atoms with E-state index in [2.05, 4.69) is 0 Å². The molecule has 2 aromatic rings. The number of carboxylic acids is 1. The van der Waals surface area contributed by atoms with Gasteiger partial charge >= 0.3 is 18.2 Å². The molecule has 7 nitrogen and oxygen atoms in total. The normalized spacial score (nSPS) is 14.5. The molecule has 0 radical (unpaired) electrons. The van der Waals surface area contributed by atoms with Crippen molar-refractivity contribution in [2.45, 2.75) is 31.5 Å². The highest BCUT2D eigenvalue weighted by molar-refractivity contribution is 5.81. The lowest BCUT2D eigenvalue weighted by Gasteiger charge is -2.22. The fourth-order valence-corrected chi connectivity index (χ4v) is 3.85. The second-order valence-electron chi connectivity index (χ2n) is 7.81. The zero-order chi connectivity index (χ0) is 24.2. The molecule has 0 spiro atoms. The van der Waals surface area contributed by atoms with Crippen molar-refractivity contribution in [1.29, 1.82) is 0 Å². The van der Waals surface area contributed by atoms with Crippen LogP contribution in [0.2, 0.25) is 0 Å². The quantitative estimate of drug-likeness (QED) is 0.553. The van der Waals surface area contributed by atoms with Crippen LogP contribution in [-0.4, -0.2) is 48.4 Å². The smallest absolute Gasteiger partial charge is 0.407 e. The topological polar surface area (TPSA) is 105 Å². The van der Waals surface area contributed by atoms with Crippen molar-refractivity contribution >= 4 is 18.0 Å². The Morgan fingerprint density at radius 1 is 1.03 bits per heavy atom. The van der Waals surface area contributed by atoms with Crippen LogP contribution in [0.3, 0.4) is 0 Å². The third-order valence-corrected chi connectivity index (χ3v) is 5.38. The molecule has 0 fully saturated rings. The summed E-state index contributed by atoms with van der Waals surface area (Å²) in [5.41, 5.74) is 3.91. The van der Waals surface area contributed by atoms with Crippen LogP contribution < -0.4 is 10.6 Å². The number of aliphatic carboxylic acids is 1. The zero-order valence-corrected chi connectivity index (χ0v) is 17.7. The molecule has 2 atom stereocenters. The number of carbonyl (C=O) groups is 3. The molecule has 10 heteroatoms. The van der Waals surface area contributed by atoms with Gasteiger partial charge in [0.2, 0.25) is 5.91 Å². The summed E-state index contributed by atoms with van der Waals surface area (Å²) in [6, 6.07) is 14.2. The third-order valence-electron chi connectivity index (χ3n) is 5.38. The number of fused-ring (bicyclic) bond motifs is 3. The number of ether oxygens (including phenoxy) is 1. The van der Waals surface area contributed by atoms with Crippen molar-refractivity contribution in [3.05, 3.63) is 59.7 Å². The number of nitrogens with one attached hydrogen (secondary N) is 2. The predicted molar refractivity (Wildman–Crippen MR) is 112 cm³/mol. The standard InChI is InChI=1S/C23H23F3N2O5/c1-13(10-20(29)30)28-21(31)19(23(24,25)26)11-27-22(32)33-12-18-16-8-4-2-6-14(16)15-7-3-5-9-17(15)18/h2-9,13,18-19H,10-12H2,1H3,(H,27,32)(H,28,31)(H,29,30)/t13-,19?/m1/s1. The maximum absolute atomic E-state index is 13.3. The summed E-state index contributed by atoms with van der Waals surface area (Å²) in [4.78, 5) is 34.8. The van der Waals surface area contributed by atoms with E-state index in [0.29, 0.717) is 0 Å². The van der Waals surface area contributed by atoms with Gasteiger partial charge in [0, 0.05) is 18.5 Å². The van der Waals surface area contributed by atoms with E-state index >= 15 is 0 Å². The van der Waals surface area contributed by atoms with Gasteiger partial charge in [-0.25, -0.2) is 4.79 Å². The first kappa shape index (κ1) is 24.1. The molecule has 0 saturated carbocycles. The minimum atomic E-state index is -4.94. The number of benzene rings is 2. The summed E-state index contributed by atoms with van der Waals surface area (Å²) < 4.78 is 45.2. The Morgan fingerprint density at radius 2 is 1.58 bits per heavy atom. The minimum absolute atomic E-state index is 0.0849. The van der Waals surface area contributed by atoms with Crippen LogP contribution >= 0.6 is 0 Å². The summed E-state index contributed by atoms with van der Waals surface area (Å²) in [6.07, 6.45) is -6.56. The summed E-state index contributed by atoms with van der Waals surface area (Å²) in [7, 11) is 0. The third kappa shape index (κ3) is 5.82. The first-order valence-corrected chi connectivity index (χ1v) is 10.3. The van der Waals surface area contributed by atoms with E-state index in [9.17, 15) is 27.6 Å². The van der Waals surface area contributed by atoms with Gasteiger partial charge in [-0.2, -0.15) is 13.2 Å². The highest BCUT2D eigenvalue weighted by Crippen LogP contribution is 2.44. The number of alkyl carbamates (subject to hydrolysis) is 1. The van der Waals surface area contributed by atoms with Crippen molar-refractivity contribution < 1.29 is 37.4 Å². The molecule has 1 unspecified atom stereocenters. The Kier molecular flexibility index (Phi) is 7.25. The number of alkyl halides is 3. The largest absolute Gasteiger partial charge is 0.481 e. The summed E-state index contributed by atoms with van der Waals surface area (Å²) in [6.45, 7) is 0.155. The maximum Gasteiger partial charge on any atom is 0.407 e.